The molecule has 3 heteroatoms. The molecule has 3 rings (SSSR count). The molecule has 0 radical (unpaired) electrons. The molecule has 1 heterocycles. The van der Waals surface area contributed by atoms with Crippen LogP contribution in [0.2, 0.25) is 0 Å². The van der Waals surface area contributed by atoms with Crippen LogP contribution in [0.1, 0.15) is 31.7 Å². The summed E-state index contributed by atoms with van der Waals surface area (Å²) in [6.45, 7) is 5.59. The largest absolute Gasteiger partial charge is 0.361 e. The Bertz CT molecular complexity index is 546. The maximum atomic E-state index is 4.65. The van der Waals surface area contributed by atoms with E-state index in [1.165, 1.54) is 29.5 Å². The molecule has 96 valence electrons. The van der Waals surface area contributed by atoms with E-state index in [-0.39, 0.29) is 0 Å². The second-order valence-corrected chi connectivity index (χ2v) is 6.57. The van der Waals surface area contributed by atoms with Crippen LogP contribution in [0.3, 0.4) is 0 Å². The van der Waals surface area contributed by atoms with Crippen LogP contribution >= 0.6 is 11.3 Å². The summed E-state index contributed by atoms with van der Waals surface area (Å²) in [5, 5.41) is 4.61. The van der Waals surface area contributed by atoms with E-state index in [0.717, 1.165) is 29.0 Å². The van der Waals surface area contributed by atoms with Gasteiger partial charge in [0.1, 0.15) is 0 Å². The lowest BCUT2D eigenvalue weighted by Gasteiger charge is -2.14. The van der Waals surface area contributed by atoms with Gasteiger partial charge in [-0.3, -0.25) is 0 Å². The van der Waals surface area contributed by atoms with Crippen molar-refractivity contribution in [2.45, 2.75) is 33.1 Å². The predicted molar refractivity (Wildman–Crippen MR) is 79.4 cm³/mol. The first kappa shape index (κ1) is 12.0. The van der Waals surface area contributed by atoms with Crippen molar-refractivity contribution >= 4 is 26.7 Å². The molecule has 2 aromatic rings. The van der Waals surface area contributed by atoms with Crippen LogP contribution in [0.4, 0.5) is 5.13 Å². The molecule has 1 saturated carbocycles. The molecule has 1 aliphatic rings. The molecule has 1 aliphatic carbocycles. The molecule has 0 spiro atoms. The van der Waals surface area contributed by atoms with Crippen LogP contribution in [0.15, 0.2) is 18.2 Å². The zero-order chi connectivity index (χ0) is 12.5. The third-order valence-electron chi connectivity index (χ3n) is 4.10. The number of nitrogens with one attached hydrogen (secondary N) is 1. The first-order valence-electron chi connectivity index (χ1n) is 6.83. The van der Waals surface area contributed by atoms with Gasteiger partial charge in [0.2, 0.25) is 0 Å². The van der Waals surface area contributed by atoms with Gasteiger partial charge in [0.25, 0.3) is 0 Å². The van der Waals surface area contributed by atoms with Crippen LogP contribution in [-0.4, -0.2) is 11.5 Å². The molecule has 2 atom stereocenters. The molecule has 0 amide bonds. The molecular formula is C15H20N2S. The normalized spacial score (nSPS) is 23.7. The number of nitrogens with zero attached hydrogens (tertiary/aromatic N) is 1. The fourth-order valence-electron chi connectivity index (χ4n) is 2.85. The first-order chi connectivity index (χ1) is 8.72. The number of aromatic nitrogens is 1. The lowest BCUT2D eigenvalue weighted by atomic mass is 9.98. The van der Waals surface area contributed by atoms with E-state index in [1.54, 1.807) is 11.3 Å². The molecule has 0 aliphatic heterocycles. The van der Waals surface area contributed by atoms with E-state index in [1.807, 2.05) is 0 Å². The molecule has 1 aromatic heterocycles. The summed E-state index contributed by atoms with van der Waals surface area (Å²) in [7, 11) is 0. The highest BCUT2D eigenvalue weighted by Crippen LogP contribution is 2.32. The Morgan fingerprint density at radius 3 is 3.06 bits per heavy atom. The van der Waals surface area contributed by atoms with Crippen molar-refractivity contribution in [2.24, 2.45) is 11.8 Å². The number of hydrogen-bond acceptors (Lipinski definition) is 3. The summed E-state index contributed by atoms with van der Waals surface area (Å²) in [4.78, 5) is 4.65. The van der Waals surface area contributed by atoms with Gasteiger partial charge in [-0.25, -0.2) is 4.98 Å². The van der Waals surface area contributed by atoms with Crippen LogP contribution in [0.5, 0.6) is 0 Å². The minimum atomic E-state index is 0.832. The number of fused-ring (bicyclic) bond motifs is 1. The Morgan fingerprint density at radius 1 is 1.39 bits per heavy atom. The molecule has 2 nitrogen and oxygen atoms in total. The summed E-state index contributed by atoms with van der Waals surface area (Å²) < 4.78 is 1.29. The fraction of sp³-hybridized carbons (Fsp3) is 0.533. The van der Waals surface area contributed by atoms with Gasteiger partial charge in [0.05, 0.1) is 10.2 Å². The van der Waals surface area contributed by atoms with E-state index >= 15 is 0 Å². The second-order valence-electron chi connectivity index (χ2n) is 5.54. The number of thiazole rings is 1. The SMILES string of the molecule is Cc1ccc2nc(NCC3CCCC3C)sc2c1. The topological polar surface area (TPSA) is 24.9 Å². The monoisotopic (exact) mass is 260 g/mol. The number of rotatable bonds is 3. The van der Waals surface area contributed by atoms with Crippen molar-refractivity contribution in [3.05, 3.63) is 23.8 Å². The van der Waals surface area contributed by atoms with Gasteiger partial charge in [-0.05, 0) is 42.9 Å². The van der Waals surface area contributed by atoms with Crippen LogP contribution < -0.4 is 5.32 Å². The van der Waals surface area contributed by atoms with Gasteiger partial charge in [-0.15, -0.1) is 0 Å². The van der Waals surface area contributed by atoms with Crippen molar-refractivity contribution in [1.82, 2.24) is 4.98 Å². The molecule has 1 aromatic carbocycles. The maximum absolute atomic E-state index is 4.65. The third kappa shape index (κ3) is 2.37. The summed E-state index contributed by atoms with van der Waals surface area (Å²) >= 11 is 1.77. The van der Waals surface area contributed by atoms with Crippen LogP contribution in [0, 0.1) is 18.8 Å². The zero-order valence-corrected chi connectivity index (χ0v) is 11.9. The van der Waals surface area contributed by atoms with Crippen molar-refractivity contribution < 1.29 is 0 Å². The van der Waals surface area contributed by atoms with Gasteiger partial charge in [0, 0.05) is 6.54 Å². The molecule has 18 heavy (non-hydrogen) atoms. The van der Waals surface area contributed by atoms with E-state index in [2.05, 4.69) is 42.3 Å². The highest BCUT2D eigenvalue weighted by molar-refractivity contribution is 7.22. The average Bonchev–Trinajstić information content (AvgIpc) is 2.92. The predicted octanol–water partition coefficient (Wildman–Crippen LogP) is 4.45. The Hall–Kier alpha value is -1.09. The second kappa shape index (κ2) is 4.88. The lowest BCUT2D eigenvalue weighted by molar-refractivity contribution is 0.439. The Morgan fingerprint density at radius 2 is 2.28 bits per heavy atom. The van der Waals surface area contributed by atoms with Crippen molar-refractivity contribution in [3.8, 4) is 0 Å². The summed E-state index contributed by atoms with van der Waals surface area (Å²) in [5.74, 6) is 1.70. The molecule has 0 bridgehead atoms. The smallest absolute Gasteiger partial charge is 0.183 e. The minimum Gasteiger partial charge on any atom is -0.361 e. The standard InChI is InChI=1S/C15H20N2S/c1-10-6-7-13-14(8-10)18-15(17-13)16-9-12-5-3-4-11(12)2/h6-8,11-12H,3-5,9H2,1-2H3,(H,16,17). The molecule has 1 fully saturated rings. The van der Waals surface area contributed by atoms with Crippen molar-refractivity contribution in [2.75, 3.05) is 11.9 Å². The molecular weight excluding hydrogens is 240 g/mol. The van der Waals surface area contributed by atoms with Gasteiger partial charge >= 0.3 is 0 Å². The van der Waals surface area contributed by atoms with E-state index < -0.39 is 0 Å². The number of aryl methyl sites for hydroxylation is 1. The lowest BCUT2D eigenvalue weighted by Crippen LogP contribution is -2.16. The Balaban J connectivity index is 1.71. The molecule has 0 saturated heterocycles. The maximum Gasteiger partial charge on any atom is 0.183 e. The minimum absolute atomic E-state index is 0.832. The number of anilines is 1. The number of hydrogen-bond donors (Lipinski definition) is 1. The van der Waals surface area contributed by atoms with Gasteiger partial charge < -0.3 is 5.32 Å². The van der Waals surface area contributed by atoms with E-state index in [9.17, 15) is 0 Å². The summed E-state index contributed by atoms with van der Waals surface area (Å²) in [5.41, 5.74) is 2.43. The summed E-state index contributed by atoms with van der Waals surface area (Å²) in [6.07, 6.45) is 4.16. The van der Waals surface area contributed by atoms with Crippen molar-refractivity contribution in [3.63, 3.8) is 0 Å². The fourth-order valence-corrected chi connectivity index (χ4v) is 3.82. The number of benzene rings is 1. The Kier molecular flexibility index (Phi) is 3.25. The highest BCUT2D eigenvalue weighted by Gasteiger charge is 2.23. The molecule has 1 N–H and O–H groups in total. The third-order valence-corrected chi connectivity index (χ3v) is 5.07. The Labute approximate surface area is 112 Å². The van der Waals surface area contributed by atoms with Gasteiger partial charge in [0.15, 0.2) is 5.13 Å². The van der Waals surface area contributed by atoms with Gasteiger partial charge in [-0.2, -0.15) is 0 Å². The van der Waals surface area contributed by atoms with E-state index in [0.29, 0.717) is 0 Å². The first-order valence-corrected chi connectivity index (χ1v) is 7.65. The van der Waals surface area contributed by atoms with Crippen molar-refractivity contribution in [1.29, 1.82) is 0 Å². The van der Waals surface area contributed by atoms with E-state index in [4.69, 9.17) is 0 Å². The quantitative estimate of drug-likeness (QED) is 0.881. The van der Waals surface area contributed by atoms with Gasteiger partial charge in [-0.1, -0.05) is 37.2 Å². The highest BCUT2D eigenvalue weighted by atomic mass is 32.1. The summed E-state index contributed by atoms with van der Waals surface area (Å²) in [6, 6.07) is 6.46. The zero-order valence-electron chi connectivity index (χ0n) is 11.1. The average molecular weight is 260 g/mol. The van der Waals surface area contributed by atoms with Crippen LogP contribution in [-0.2, 0) is 0 Å². The van der Waals surface area contributed by atoms with Crippen LogP contribution in [0.25, 0.3) is 10.2 Å². The molecule has 2 unspecified atom stereocenters.